The highest BCUT2D eigenvalue weighted by molar-refractivity contribution is 9.10. The number of fused-ring (bicyclic) bond motifs is 1. The third-order valence-corrected chi connectivity index (χ3v) is 5.05. The molecule has 4 nitrogen and oxygen atoms in total. The molecule has 0 aliphatic carbocycles. The van der Waals surface area contributed by atoms with Gasteiger partial charge in [0.05, 0.1) is 5.56 Å². The van der Waals surface area contributed by atoms with Crippen LogP contribution in [0.2, 0.25) is 0 Å². The van der Waals surface area contributed by atoms with Crippen LogP contribution in [-0.4, -0.2) is 15.6 Å². The third kappa shape index (κ3) is 3.58. The van der Waals surface area contributed by atoms with E-state index < -0.39 is 5.97 Å². The molecule has 0 bridgehead atoms. The van der Waals surface area contributed by atoms with E-state index >= 15 is 0 Å². The molecule has 134 valence electrons. The van der Waals surface area contributed by atoms with Gasteiger partial charge in [-0.3, -0.25) is 4.79 Å². The van der Waals surface area contributed by atoms with Crippen LogP contribution in [0.15, 0.2) is 57.8 Å². The van der Waals surface area contributed by atoms with Crippen molar-refractivity contribution in [3.63, 3.8) is 0 Å². The molecule has 3 rings (SSSR count). The van der Waals surface area contributed by atoms with Crippen LogP contribution in [0.1, 0.15) is 41.4 Å². The van der Waals surface area contributed by atoms with Crippen molar-refractivity contribution in [2.24, 2.45) is 0 Å². The number of halogens is 1. The molecule has 1 aromatic heterocycles. The van der Waals surface area contributed by atoms with Gasteiger partial charge in [0.15, 0.2) is 0 Å². The Hall–Kier alpha value is -2.40. The molecule has 5 heteroatoms. The molecule has 1 heterocycles. The quantitative estimate of drug-likeness (QED) is 0.627. The molecule has 0 spiro atoms. The normalized spacial score (nSPS) is 11.0. The number of unbranched alkanes of at least 4 members (excludes halogenated alkanes) is 1. The fourth-order valence-corrected chi connectivity index (χ4v) is 3.48. The zero-order chi connectivity index (χ0) is 18.7. The van der Waals surface area contributed by atoms with E-state index in [9.17, 15) is 14.7 Å². The number of carbonyl (C=O) groups is 1. The van der Waals surface area contributed by atoms with E-state index in [0.29, 0.717) is 29.4 Å². The van der Waals surface area contributed by atoms with Gasteiger partial charge in [-0.1, -0.05) is 59.6 Å². The molecule has 0 aliphatic rings. The van der Waals surface area contributed by atoms with Crippen LogP contribution >= 0.6 is 15.9 Å². The lowest BCUT2D eigenvalue weighted by molar-refractivity contribution is 0.0697. The monoisotopic (exact) mass is 413 g/mol. The van der Waals surface area contributed by atoms with E-state index in [4.69, 9.17) is 0 Å². The van der Waals surface area contributed by atoms with Crippen LogP contribution in [-0.2, 0) is 13.0 Å². The van der Waals surface area contributed by atoms with E-state index in [1.54, 1.807) is 28.8 Å². The van der Waals surface area contributed by atoms with E-state index in [0.717, 1.165) is 22.9 Å². The van der Waals surface area contributed by atoms with Crippen molar-refractivity contribution in [3.05, 3.63) is 80.2 Å². The minimum Gasteiger partial charge on any atom is -0.478 e. The minimum absolute atomic E-state index is 0.119. The molecule has 0 aliphatic heterocycles. The Morgan fingerprint density at radius 1 is 1.08 bits per heavy atom. The summed E-state index contributed by atoms with van der Waals surface area (Å²) >= 11 is 3.41. The molecule has 1 N–H and O–H groups in total. The summed E-state index contributed by atoms with van der Waals surface area (Å²) < 4.78 is 2.61. The lowest BCUT2D eigenvalue weighted by Crippen LogP contribution is -2.27. The Bertz CT molecular complexity index is 1010. The first kappa shape index (κ1) is 18.4. The Labute approximate surface area is 160 Å². The number of pyridine rings is 1. The largest absolute Gasteiger partial charge is 0.478 e. The fourth-order valence-electron chi connectivity index (χ4n) is 3.22. The van der Waals surface area contributed by atoms with Gasteiger partial charge in [0.2, 0.25) is 0 Å². The van der Waals surface area contributed by atoms with Crippen molar-refractivity contribution in [2.45, 2.75) is 32.7 Å². The average Bonchev–Trinajstić information content (AvgIpc) is 2.63. The molecular weight excluding hydrogens is 394 g/mol. The minimum atomic E-state index is -1.00. The molecule has 26 heavy (non-hydrogen) atoms. The Morgan fingerprint density at radius 3 is 2.35 bits per heavy atom. The number of aromatic nitrogens is 1. The summed E-state index contributed by atoms with van der Waals surface area (Å²) in [6, 6.07) is 14.7. The van der Waals surface area contributed by atoms with Gasteiger partial charge in [0.1, 0.15) is 0 Å². The van der Waals surface area contributed by atoms with Crippen molar-refractivity contribution in [1.82, 2.24) is 4.57 Å². The molecule has 0 saturated heterocycles. The van der Waals surface area contributed by atoms with Crippen LogP contribution in [0.4, 0.5) is 0 Å². The zero-order valence-electron chi connectivity index (χ0n) is 14.5. The number of benzene rings is 2. The smallest absolute Gasteiger partial charge is 0.338 e. The van der Waals surface area contributed by atoms with Crippen LogP contribution in [0.5, 0.6) is 0 Å². The first-order valence-corrected chi connectivity index (χ1v) is 9.44. The van der Waals surface area contributed by atoms with Gasteiger partial charge >= 0.3 is 5.97 Å². The predicted molar refractivity (Wildman–Crippen MR) is 107 cm³/mol. The van der Waals surface area contributed by atoms with E-state index in [1.165, 1.54) is 0 Å². The third-order valence-electron chi connectivity index (χ3n) is 4.52. The molecule has 0 amide bonds. The maximum Gasteiger partial charge on any atom is 0.338 e. The van der Waals surface area contributed by atoms with Crippen LogP contribution in [0.3, 0.4) is 0 Å². The highest BCUT2D eigenvalue weighted by Gasteiger charge is 2.21. The summed E-state index contributed by atoms with van der Waals surface area (Å²) in [6.45, 7) is 2.57. The Balaban J connectivity index is 2.28. The number of carboxylic acid groups (broad SMARTS) is 1. The molecule has 0 unspecified atom stereocenters. The topological polar surface area (TPSA) is 59.3 Å². The standard InChI is InChI=1S/C21H20BrNO3/c1-2-3-12-23-18(13-14-8-10-15(22)11-9-14)19(21(25)26)16-6-4-5-7-17(16)20(23)24/h4-11H,2-3,12-13H2,1H3,(H,25,26). The molecule has 0 atom stereocenters. The second-order valence-corrected chi connectivity index (χ2v) is 7.20. The first-order valence-electron chi connectivity index (χ1n) is 8.65. The zero-order valence-corrected chi connectivity index (χ0v) is 16.1. The maximum atomic E-state index is 13.0. The van der Waals surface area contributed by atoms with Crippen molar-refractivity contribution in [1.29, 1.82) is 0 Å². The van der Waals surface area contributed by atoms with E-state index in [-0.39, 0.29) is 11.1 Å². The number of carboxylic acids is 1. The molecular formula is C21H20BrNO3. The molecule has 0 saturated carbocycles. The fraction of sp³-hybridized carbons (Fsp3) is 0.238. The first-order chi connectivity index (χ1) is 12.5. The molecule has 0 fully saturated rings. The maximum absolute atomic E-state index is 13.0. The van der Waals surface area contributed by atoms with Gasteiger partial charge in [-0.25, -0.2) is 4.79 Å². The number of nitrogens with zero attached hydrogens (tertiary/aromatic N) is 1. The SMILES string of the molecule is CCCCn1c(Cc2ccc(Br)cc2)c(C(=O)O)c2ccccc2c1=O. The van der Waals surface area contributed by atoms with Gasteiger partial charge in [-0.2, -0.15) is 0 Å². The number of hydrogen-bond donors (Lipinski definition) is 1. The summed E-state index contributed by atoms with van der Waals surface area (Å²) in [5.41, 5.74) is 1.64. The van der Waals surface area contributed by atoms with Crippen molar-refractivity contribution < 1.29 is 9.90 Å². The van der Waals surface area contributed by atoms with E-state index in [1.807, 2.05) is 24.3 Å². The van der Waals surface area contributed by atoms with Crippen molar-refractivity contribution >= 4 is 32.7 Å². The molecule has 3 aromatic rings. The van der Waals surface area contributed by atoms with Gasteiger partial charge in [-0.15, -0.1) is 0 Å². The van der Waals surface area contributed by atoms with Crippen molar-refractivity contribution in [2.75, 3.05) is 0 Å². The number of rotatable bonds is 6. The van der Waals surface area contributed by atoms with Gasteiger partial charge in [0.25, 0.3) is 5.56 Å². The lowest BCUT2D eigenvalue weighted by atomic mass is 9.98. The summed E-state index contributed by atoms with van der Waals surface area (Å²) in [7, 11) is 0. The second kappa shape index (κ2) is 7.87. The van der Waals surface area contributed by atoms with Crippen molar-refractivity contribution in [3.8, 4) is 0 Å². The summed E-state index contributed by atoms with van der Waals surface area (Å²) in [4.78, 5) is 25.1. The van der Waals surface area contributed by atoms with Gasteiger partial charge in [0, 0.05) is 33.9 Å². The average molecular weight is 414 g/mol. The summed E-state index contributed by atoms with van der Waals surface area (Å²) in [5, 5.41) is 10.9. The summed E-state index contributed by atoms with van der Waals surface area (Å²) in [6.07, 6.45) is 2.16. The predicted octanol–water partition coefficient (Wildman–Crippen LogP) is 4.85. The number of aromatic carboxylic acids is 1. The summed E-state index contributed by atoms with van der Waals surface area (Å²) in [5.74, 6) is -1.00. The second-order valence-electron chi connectivity index (χ2n) is 6.29. The van der Waals surface area contributed by atoms with Crippen LogP contribution in [0.25, 0.3) is 10.8 Å². The Morgan fingerprint density at radius 2 is 1.73 bits per heavy atom. The number of hydrogen-bond acceptors (Lipinski definition) is 2. The molecule has 2 aromatic carbocycles. The van der Waals surface area contributed by atoms with Gasteiger partial charge in [-0.05, 0) is 30.2 Å². The highest BCUT2D eigenvalue weighted by atomic mass is 79.9. The van der Waals surface area contributed by atoms with Gasteiger partial charge < -0.3 is 9.67 Å². The molecule has 0 radical (unpaired) electrons. The Kier molecular flexibility index (Phi) is 5.57. The highest BCUT2D eigenvalue weighted by Crippen LogP contribution is 2.23. The lowest BCUT2D eigenvalue weighted by Gasteiger charge is -2.18. The van der Waals surface area contributed by atoms with Crippen LogP contribution in [0, 0.1) is 0 Å². The van der Waals surface area contributed by atoms with Crippen LogP contribution < -0.4 is 5.56 Å². The van der Waals surface area contributed by atoms with E-state index in [2.05, 4.69) is 22.9 Å².